The summed E-state index contributed by atoms with van der Waals surface area (Å²) in [6.07, 6.45) is 5.20. The number of furan rings is 1. The number of nitrogens with one attached hydrogen (secondary N) is 1. The van der Waals surface area contributed by atoms with Gasteiger partial charge in [-0.3, -0.25) is 9.89 Å². The van der Waals surface area contributed by atoms with Gasteiger partial charge in [0, 0.05) is 26.7 Å². The topological polar surface area (TPSA) is 53.2 Å². The Labute approximate surface area is 163 Å². The maximum Gasteiger partial charge on any atom is 0.193 e. The van der Waals surface area contributed by atoms with Crippen molar-refractivity contribution in [3.05, 3.63) is 23.7 Å². The fourth-order valence-corrected chi connectivity index (χ4v) is 3.56. The predicted octanol–water partition coefficient (Wildman–Crippen LogP) is 3.05. The summed E-state index contributed by atoms with van der Waals surface area (Å²) < 4.78 is 11.7. The van der Waals surface area contributed by atoms with Crippen molar-refractivity contribution in [1.29, 1.82) is 0 Å². The van der Waals surface area contributed by atoms with Gasteiger partial charge >= 0.3 is 0 Å². The van der Waals surface area contributed by atoms with Crippen molar-refractivity contribution < 1.29 is 9.15 Å². The zero-order valence-corrected chi connectivity index (χ0v) is 17.2. The zero-order valence-electron chi connectivity index (χ0n) is 17.2. The third-order valence-corrected chi connectivity index (χ3v) is 5.40. The van der Waals surface area contributed by atoms with E-state index >= 15 is 0 Å². The molecule has 0 aromatic carbocycles. The van der Waals surface area contributed by atoms with Gasteiger partial charge in [0.15, 0.2) is 5.96 Å². The molecular formula is C21H36N4O2. The first-order valence-corrected chi connectivity index (χ1v) is 10.5. The molecule has 0 bridgehead atoms. The molecule has 1 aromatic heterocycles. The van der Waals surface area contributed by atoms with Crippen LogP contribution in [0, 0.1) is 12.8 Å². The highest BCUT2D eigenvalue weighted by molar-refractivity contribution is 5.79. The average molecular weight is 377 g/mol. The van der Waals surface area contributed by atoms with E-state index in [0.29, 0.717) is 6.54 Å². The largest absolute Gasteiger partial charge is 0.465 e. The SMILES string of the molecule is CCNC(=NCC(c1ccc(C)o1)N1CCCC1)N(C)CCOCC1CC1. The van der Waals surface area contributed by atoms with Crippen LogP contribution in [0.5, 0.6) is 0 Å². The van der Waals surface area contributed by atoms with E-state index in [4.69, 9.17) is 14.1 Å². The monoisotopic (exact) mass is 376 g/mol. The van der Waals surface area contributed by atoms with Crippen molar-refractivity contribution in [2.24, 2.45) is 10.9 Å². The van der Waals surface area contributed by atoms with E-state index < -0.39 is 0 Å². The number of likely N-dealkylation sites (tertiary alicyclic amines) is 1. The summed E-state index contributed by atoms with van der Waals surface area (Å²) in [6, 6.07) is 4.38. The van der Waals surface area contributed by atoms with E-state index in [1.807, 2.05) is 6.92 Å². The normalized spacial score (nSPS) is 19.4. The molecule has 3 rings (SSSR count). The second-order valence-electron chi connectivity index (χ2n) is 7.84. The summed E-state index contributed by atoms with van der Waals surface area (Å²) >= 11 is 0. The number of aliphatic imine (C=N–C) groups is 1. The summed E-state index contributed by atoms with van der Waals surface area (Å²) in [5.74, 6) is 3.76. The molecule has 1 aliphatic carbocycles. The molecule has 6 nitrogen and oxygen atoms in total. The maximum absolute atomic E-state index is 5.95. The molecule has 1 atom stereocenters. The van der Waals surface area contributed by atoms with Gasteiger partial charge in [0.25, 0.3) is 0 Å². The lowest BCUT2D eigenvalue weighted by Gasteiger charge is -2.26. The van der Waals surface area contributed by atoms with E-state index in [0.717, 1.165) is 62.8 Å². The Morgan fingerprint density at radius 1 is 1.37 bits per heavy atom. The van der Waals surface area contributed by atoms with Gasteiger partial charge in [0.1, 0.15) is 11.5 Å². The van der Waals surface area contributed by atoms with Gasteiger partial charge in [-0.1, -0.05) is 0 Å². The molecule has 1 saturated carbocycles. The molecule has 1 aliphatic heterocycles. The molecular weight excluding hydrogens is 340 g/mol. The van der Waals surface area contributed by atoms with Crippen LogP contribution in [0.3, 0.4) is 0 Å². The summed E-state index contributed by atoms with van der Waals surface area (Å²) in [5, 5.41) is 3.42. The van der Waals surface area contributed by atoms with Crippen molar-refractivity contribution in [1.82, 2.24) is 15.1 Å². The zero-order chi connectivity index (χ0) is 19.1. The Balaban J connectivity index is 1.59. The molecule has 0 spiro atoms. The van der Waals surface area contributed by atoms with Crippen LogP contribution in [0.1, 0.15) is 50.2 Å². The maximum atomic E-state index is 5.95. The Hall–Kier alpha value is -1.53. The molecule has 2 fully saturated rings. The Morgan fingerprint density at radius 2 is 2.15 bits per heavy atom. The summed E-state index contributed by atoms with van der Waals surface area (Å²) in [4.78, 5) is 9.62. The van der Waals surface area contributed by atoms with Gasteiger partial charge in [-0.05, 0) is 70.7 Å². The molecule has 1 aromatic rings. The lowest BCUT2D eigenvalue weighted by molar-refractivity contribution is 0.115. The Kier molecular flexibility index (Phi) is 7.59. The van der Waals surface area contributed by atoms with Gasteiger partial charge < -0.3 is 19.4 Å². The van der Waals surface area contributed by atoms with Crippen LogP contribution in [-0.2, 0) is 4.74 Å². The molecule has 2 aliphatic rings. The fraction of sp³-hybridized carbons (Fsp3) is 0.762. The van der Waals surface area contributed by atoms with Crippen molar-refractivity contribution in [3.8, 4) is 0 Å². The number of hydrogen-bond donors (Lipinski definition) is 1. The highest BCUT2D eigenvalue weighted by atomic mass is 16.5. The van der Waals surface area contributed by atoms with Crippen molar-refractivity contribution >= 4 is 5.96 Å². The molecule has 2 heterocycles. The molecule has 1 N–H and O–H groups in total. The second-order valence-corrected chi connectivity index (χ2v) is 7.84. The summed E-state index contributed by atoms with van der Waals surface area (Å²) in [7, 11) is 2.09. The van der Waals surface area contributed by atoms with Crippen LogP contribution < -0.4 is 5.32 Å². The third-order valence-electron chi connectivity index (χ3n) is 5.40. The van der Waals surface area contributed by atoms with Crippen LogP contribution in [0.2, 0.25) is 0 Å². The Bertz CT molecular complexity index is 591. The number of aryl methyl sites for hydroxylation is 1. The molecule has 1 unspecified atom stereocenters. The minimum atomic E-state index is 0.217. The number of likely N-dealkylation sites (N-methyl/N-ethyl adjacent to an activating group) is 1. The lowest BCUT2D eigenvalue weighted by atomic mass is 10.2. The summed E-state index contributed by atoms with van der Waals surface area (Å²) in [6.45, 7) is 10.5. The number of rotatable bonds is 10. The second kappa shape index (κ2) is 10.1. The third kappa shape index (κ3) is 6.25. The van der Waals surface area contributed by atoms with Gasteiger partial charge in [0.05, 0.1) is 19.2 Å². The highest BCUT2D eigenvalue weighted by Crippen LogP contribution is 2.29. The lowest BCUT2D eigenvalue weighted by Crippen LogP contribution is -2.41. The van der Waals surface area contributed by atoms with Crippen LogP contribution in [0.15, 0.2) is 21.5 Å². The van der Waals surface area contributed by atoms with E-state index in [2.05, 4.69) is 41.2 Å². The van der Waals surface area contributed by atoms with Gasteiger partial charge in [-0.15, -0.1) is 0 Å². The average Bonchev–Trinajstić information content (AvgIpc) is 3.13. The minimum Gasteiger partial charge on any atom is -0.465 e. The predicted molar refractivity (Wildman–Crippen MR) is 109 cm³/mol. The van der Waals surface area contributed by atoms with Gasteiger partial charge in [0.2, 0.25) is 0 Å². The van der Waals surface area contributed by atoms with Crippen molar-refractivity contribution in [3.63, 3.8) is 0 Å². The summed E-state index contributed by atoms with van der Waals surface area (Å²) in [5.41, 5.74) is 0. The van der Waals surface area contributed by atoms with Crippen molar-refractivity contribution in [2.75, 3.05) is 53.0 Å². The molecule has 0 radical (unpaired) electrons. The molecule has 0 amide bonds. The van der Waals surface area contributed by atoms with Gasteiger partial charge in [-0.2, -0.15) is 0 Å². The molecule has 152 valence electrons. The van der Waals surface area contributed by atoms with E-state index in [1.54, 1.807) is 0 Å². The highest BCUT2D eigenvalue weighted by Gasteiger charge is 2.26. The minimum absolute atomic E-state index is 0.217. The first-order chi connectivity index (χ1) is 13.2. The quantitative estimate of drug-likeness (QED) is 0.386. The van der Waals surface area contributed by atoms with Crippen LogP contribution in [0.4, 0.5) is 0 Å². The molecule has 27 heavy (non-hydrogen) atoms. The standard InChI is InChI=1S/C21H36N4O2/c1-4-22-21(24(3)13-14-26-16-18-8-9-18)23-15-19(25-11-5-6-12-25)20-10-7-17(2)27-20/h7,10,18-19H,4-6,8-9,11-16H2,1-3H3,(H,22,23). The number of hydrogen-bond acceptors (Lipinski definition) is 4. The molecule has 6 heteroatoms. The van der Waals surface area contributed by atoms with Crippen molar-refractivity contribution in [2.45, 2.75) is 45.6 Å². The first-order valence-electron chi connectivity index (χ1n) is 10.5. The Morgan fingerprint density at radius 3 is 2.78 bits per heavy atom. The fourth-order valence-electron chi connectivity index (χ4n) is 3.56. The van der Waals surface area contributed by atoms with Crippen LogP contribution in [0.25, 0.3) is 0 Å². The van der Waals surface area contributed by atoms with E-state index in [1.165, 1.54) is 25.7 Å². The van der Waals surface area contributed by atoms with E-state index in [9.17, 15) is 0 Å². The van der Waals surface area contributed by atoms with E-state index in [-0.39, 0.29) is 6.04 Å². The molecule has 1 saturated heterocycles. The number of ether oxygens (including phenoxy) is 1. The van der Waals surface area contributed by atoms with Crippen LogP contribution in [-0.4, -0.2) is 68.7 Å². The number of guanidine groups is 1. The smallest absolute Gasteiger partial charge is 0.193 e. The van der Waals surface area contributed by atoms with Gasteiger partial charge in [-0.25, -0.2) is 0 Å². The number of nitrogens with zero attached hydrogens (tertiary/aromatic N) is 3. The first kappa shape index (κ1) is 20.2. The van der Waals surface area contributed by atoms with Crippen LogP contribution >= 0.6 is 0 Å².